The number of carbonyl (C=O) groups is 3. The molecule has 0 radical (unpaired) electrons. The summed E-state index contributed by atoms with van der Waals surface area (Å²) in [7, 11) is 0. The Balaban J connectivity index is 1.52. The number of nitro groups is 1. The molecule has 0 fully saturated rings. The fourth-order valence-electron chi connectivity index (χ4n) is 3.28. The van der Waals surface area contributed by atoms with Gasteiger partial charge in [0.15, 0.2) is 6.61 Å². The van der Waals surface area contributed by atoms with Crippen LogP contribution >= 0.6 is 0 Å². The summed E-state index contributed by atoms with van der Waals surface area (Å²) in [6.07, 6.45) is 4.39. The average Bonchev–Trinajstić information content (AvgIpc) is 2.84. The Hall–Kier alpha value is -4.15. The number of benzene rings is 2. The summed E-state index contributed by atoms with van der Waals surface area (Å²) < 4.78 is 10.9. The van der Waals surface area contributed by atoms with Crippen LogP contribution in [-0.4, -0.2) is 42.4 Å². The minimum atomic E-state index is -0.687. The molecule has 2 N–H and O–H groups in total. The number of hydrogen-bond acceptors (Lipinski definition) is 7. The van der Waals surface area contributed by atoms with Crippen molar-refractivity contribution in [1.29, 1.82) is 0 Å². The maximum atomic E-state index is 12.4. The van der Waals surface area contributed by atoms with Gasteiger partial charge in [-0.3, -0.25) is 40.2 Å². The first kappa shape index (κ1) is 24.5. The van der Waals surface area contributed by atoms with E-state index in [-0.39, 0.29) is 23.7 Å². The Morgan fingerprint density at radius 3 is 2.59 bits per heavy atom. The summed E-state index contributed by atoms with van der Waals surface area (Å²) in [5.74, 6) is -0.884. The molecule has 1 heterocycles. The molecule has 3 rings (SSSR count). The van der Waals surface area contributed by atoms with Crippen LogP contribution in [0.2, 0.25) is 0 Å². The van der Waals surface area contributed by atoms with Gasteiger partial charge >= 0.3 is 0 Å². The number of fused-ring (bicyclic) bond motifs is 1. The van der Waals surface area contributed by atoms with Crippen LogP contribution in [0.15, 0.2) is 42.5 Å². The summed E-state index contributed by atoms with van der Waals surface area (Å²) in [4.78, 5) is 48.4. The summed E-state index contributed by atoms with van der Waals surface area (Å²) in [5.41, 5.74) is 4.70. The third-order valence-electron chi connectivity index (χ3n) is 5.10. The van der Waals surface area contributed by atoms with E-state index >= 15 is 0 Å². The van der Waals surface area contributed by atoms with Crippen molar-refractivity contribution < 1.29 is 28.8 Å². The van der Waals surface area contributed by atoms with E-state index in [1.54, 1.807) is 24.3 Å². The SMILES string of the molecule is CCCCCCOc1ccc(C(=O)NNC(=O)CN2C(=O)COc3ccc([N+](=O)[O-])cc32)cc1. The number of unbranched alkanes of at least 4 members (excludes halogenated alkanes) is 3. The zero-order chi connectivity index (χ0) is 24.5. The molecule has 0 atom stereocenters. The largest absolute Gasteiger partial charge is 0.494 e. The molecular formula is C23H26N4O7. The number of rotatable bonds is 10. The summed E-state index contributed by atoms with van der Waals surface area (Å²) in [6, 6.07) is 10.3. The highest BCUT2D eigenvalue weighted by Crippen LogP contribution is 2.35. The number of nitrogens with one attached hydrogen (secondary N) is 2. The topological polar surface area (TPSA) is 140 Å². The first-order chi connectivity index (χ1) is 16.4. The fourth-order valence-corrected chi connectivity index (χ4v) is 3.28. The highest BCUT2D eigenvalue weighted by molar-refractivity contribution is 6.03. The predicted molar refractivity (Wildman–Crippen MR) is 123 cm³/mol. The second-order valence-corrected chi connectivity index (χ2v) is 7.61. The lowest BCUT2D eigenvalue weighted by Gasteiger charge is -2.28. The maximum Gasteiger partial charge on any atom is 0.271 e. The van der Waals surface area contributed by atoms with Crippen molar-refractivity contribution >= 4 is 29.1 Å². The van der Waals surface area contributed by atoms with Gasteiger partial charge in [0.2, 0.25) is 0 Å². The smallest absolute Gasteiger partial charge is 0.271 e. The number of nitro benzene ring substituents is 1. The van der Waals surface area contributed by atoms with Gasteiger partial charge in [-0.15, -0.1) is 0 Å². The first-order valence-electron chi connectivity index (χ1n) is 10.9. The molecular weight excluding hydrogens is 444 g/mol. The Labute approximate surface area is 196 Å². The number of nitrogens with zero attached hydrogens (tertiary/aromatic N) is 2. The Morgan fingerprint density at radius 2 is 1.88 bits per heavy atom. The lowest BCUT2D eigenvalue weighted by atomic mass is 10.2. The van der Waals surface area contributed by atoms with Crippen molar-refractivity contribution in [2.24, 2.45) is 0 Å². The molecule has 2 aromatic rings. The van der Waals surface area contributed by atoms with Crippen molar-refractivity contribution in [3.05, 3.63) is 58.1 Å². The highest BCUT2D eigenvalue weighted by Gasteiger charge is 2.29. The van der Waals surface area contributed by atoms with Gasteiger partial charge in [-0.05, 0) is 36.8 Å². The third-order valence-corrected chi connectivity index (χ3v) is 5.10. The number of amides is 3. The molecule has 0 saturated carbocycles. The highest BCUT2D eigenvalue weighted by atomic mass is 16.6. The Morgan fingerprint density at radius 1 is 1.12 bits per heavy atom. The van der Waals surface area contributed by atoms with E-state index in [1.165, 1.54) is 18.6 Å². The van der Waals surface area contributed by atoms with Crippen LogP contribution in [0, 0.1) is 10.1 Å². The monoisotopic (exact) mass is 470 g/mol. The van der Waals surface area contributed by atoms with E-state index in [2.05, 4.69) is 17.8 Å². The lowest BCUT2D eigenvalue weighted by Crippen LogP contribution is -2.49. The van der Waals surface area contributed by atoms with Gasteiger partial charge in [-0.2, -0.15) is 0 Å². The molecule has 0 spiro atoms. The molecule has 1 aliphatic heterocycles. The summed E-state index contributed by atoms with van der Waals surface area (Å²) in [5, 5.41) is 11.0. The van der Waals surface area contributed by atoms with E-state index in [0.29, 0.717) is 17.9 Å². The number of anilines is 1. The van der Waals surface area contributed by atoms with Crippen molar-refractivity contribution in [2.45, 2.75) is 32.6 Å². The molecule has 0 aliphatic carbocycles. The molecule has 3 amide bonds. The van der Waals surface area contributed by atoms with Crippen molar-refractivity contribution in [3.8, 4) is 11.5 Å². The van der Waals surface area contributed by atoms with Gasteiger partial charge in [-0.25, -0.2) is 0 Å². The number of hydrazine groups is 1. The van der Waals surface area contributed by atoms with Gasteiger partial charge in [0.25, 0.3) is 23.4 Å². The molecule has 0 aromatic heterocycles. The van der Waals surface area contributed by atoms with Crippen LogP contribution in [0.5, 0.6) is 11.5 Å². The molecule has 1 aliphatic rings. The Kier molecular flexibility index (Phi) is 8.38. The van der Waals surface area contributed by atoms with Crippen LogP contribution in [-0.2, 0) is 9.59 Å². The minimum Gasteiger partial charge on any atom is -0.494 e. The van der Waals surface area contributed by atoms with E-state index in [1.807, 2.05) is 0 Å². The van der Waals surface area contributed by atoms with Crippen LogP contribution in [0.3, 0.4) is 0 Å². The maximum absolute atomic E-state index is 12.4. The zero-order valence-electron chi connectivity index (χ0n) is 18.7. The molecule has 0 bridgehead atoms. The quantitative estimate of drug-likeness (QED) is 0.309. The number of carbonyl (C=O) groups excluding carboxylic acids is 3. The predicted octanol–water partition coefficient (Wildman–Crippen LogP) is 2.74. The molecule has 180 valence electrons. The van der Waals surface area contributed by atoms with Crippen LogP contribution in [0.25, 0.3) is 0 Å². The number of ether oxygens (including phenoxy) is 2. The molecule has 0 unspecified atom stereocenters. The van der Waals surface area contributed by atoms with Gasteiger partial charge in [0.1, 0.15) is 18.0 Å². The minimum absolute atomic E-state index is 0.109. The molecule has 11 heteroatoms. The van der Waals surface area contributed by atoms with Gasteiger partial charge in [-0.1, -0.05) is 26.2 Å². The molecule has 2 aromatic carbocycles. The van der Waals surface area contributed by atoms with Crippen LogP contribution < -0.4 is 25.2 Å². The van der Waals surface area contributed by atoms with Gasteiger partial charge < -0.3 is 9.47 Å². The van der Waals surface area contributed by atoms with E-state index < -0.39 is 29.2 Å². The van der Waals surface area contributed by atoms with E-state index in [9.17, 15) is 24.5 Å². The van der Waals surface area contributed by atoms with Gasteiger partial charge in [0.05, 0.1) is 17.2 Å². The lowest BCUT2D eigenvalue weighted by molar-refractivity contribution is -0.384. The summed E-state index contributed by atoms with van der Waals surface area (Å²) in [6.45, 7) is 1.98. The average molecular weight is 470 g/mol. The molecule has 34 heavy (non-hydrogen) atoms. The Bertz CT molecular complexity index is 1060. The van der Waals surface area contributed by atoms with E-state index in [4.69, 9.17) is 9.47 Å². The van der Waals surface area contributed by atoms with Crippen LogP contribution in [0.1, 0.15) is 43.0 Å². The summed E-state index contributed by atoms with van der Waals surface area (Å²) >= 11 is 0. The van der Waals surface area contributed by atoms with Crippen LogP contribution in [0.4, 0.5) is 11.4 Å². The number of non-ortho nitro benzene ring substituents is 1. The molecule has 0 saturated heterocycles. The second-order valence-electron chi connectivity index (χ2n) is 7.61. The normalized spacial score (nSPS) is 12.4. The van der Waals surface area contributed by atoms with Crippen molar-refractivity contribution in [2.75, 3.05) is 24.7 Å². The first-order valence-corrected chi connectivity index (χ1v) is 10.9. The van der Waals surface area contributed by atoms with Crippen molar-refractivity contribution in [3.63, 3.8) is 0 Å². The van der Waals surface area contributed by atoms with Crippen molar-refractivity contribution in [1.82, 2.24) is 10.9 Å². The fraction of sp³-hybridized carbons (Fsp3) is 0.348. The second kappa shape index (κ2) is 11.6. The zero-order valence-corrected chi connectivity index (χ0v) is 18.7. The van der Waals surface area contributed by atoms with Gasteiger partial charge in [0, 0.05) is 17.7 Å². The third kappa shape index (κ3) is 6.44. The standard InChI is InChI=1S/C23H26N4O7/c1-2-3-4-5-12-33-18-9-6-16(7-10-18)23(30)25-24-21(28)14-26-19-13-17(27(31)32)8-11-20(19)34-15-22(26)29/h6-11,13H,2-5,12,14-15H2,1H3,(H,24,28)(H,25,30). The molecule has 11 nitrogen and oxygen atoms in total. The number of hydrogen-bond donors (Lipinski definition) is 2. The van der Waals surface area contributed by atoms with E-state index in [0.717, 1.165) is 30.2 Å².